The van der Waals surface area contributed by atoms with Crippen molar-refractivity contribution in [1.29, 1.82) is 0 Å². The molecule has 0 unspecified atom stereocenters. The monoisotopic (exact) mass is 539 g/mol. The van der Waals surface area contributed by atoms with E-state index >= 15 is 0 Å². The van der Waals surface area contributed by atoms with Gasteiger partial charge in [0.15, 0.2) is 0 Å². The van der Waals surface area contributed by atoms with E-state index in [2.05, 4.69) is 106 Å². The molecular formula is C37H25N5. The third-order valence-corrected chi connectivity index (χ3v) is 7.67. The second kappa shape index (κ2) is 9.98. The van der Waals surface area contributed by atoms with Gasteiger partial charge in [0.25, 0.3) is 0 Å². The number of nitrogens with zero attached hydrogens (tertiary/aromatic N) is 5. The zero-order valence-corrected chi connectivity index (χ0v) is 22.7. The number of rotatable bonds is 5. The number of aromatic nitrogens is 5. The average Bonchev–Trinajstić information content (AvgIpc) is 3.63. The van der Waals surface area contributed by atoms with Crippen molar-refractivity contribution in [2.24, 2.45) is 0 Å². The van der Waals surface area contributed by atoms with Crippen LogP contribution in [0.2, 0.25) is 0 Å². The Morgan fingerprint density at radius 3 is 1.69 bits per heavy atom. The van der Waals surface area contributed by atoms with Crippen molar-refractivity contribution >= 4 is 21.8 Å². The van der Waals surface area contributed by atoms with Crippen molar-refractivity contribution < 1.29 is 0 Å². The standard InChI is InChI=1S/C37H25N5/c1-2-14-26(15-3-1)41-36(31-20-11-13-25-39-31)35(30-19-10-12-24-38-30)40-37(41)29-18-6-9-23-34(29)42-32-21-7-4-16-27(32)28-17-5-8-22-33(28)42/h1-25H. The molecule has 4 aromatic heterocycles. The highest BCUT2D eigenvalue weighted by atomic mass is 15.1. The van der Waals surface area contributed by atoms with Crippen LogP contribution in [0.5, 0.6) is 0 Å². The second-order valence-electron chi connectivity index (χ2n) is 10.1. The molecule has 0 fully saturated rings. The molecule has 0 aliphatic carbocycles. The van der Waals surface area contributed by atoms with Crippen molar-refractivity contribution in [2.75, 3.05) is 0 Å². The van der Waals surface area contributed by atoms with E-state index in [1.807, 2.05) is 54.9 Å². The highest BCUT2D eigenvalue weighted by Crippen LogP contribution is 2.41. The van der Waals surface area contributed by atoms with E-state index in [-0.39, 0.29) is 0 Å². The van der Waals surface area contributed by atoms with Crippen molar-refractivity contribution in [2.45, 2.75) is 0 Å². The topological polar surface area (TPSA) is 48.5 Å². The highest BCUT2D eigenvalue weighted by Gasteiger charge is 2.26. The molecule has 0 bridgehead atoms. The van der Waals surface area contributed by atoms with Crippen molar-refractivity contribution in [3.8, 4) is 45.5 Å². The van der Waals surface area contributed by atoms with Gasteiger partial charge in [-0.1, -0.05) is 78.9 Å². The minimum absolute atomic E-state index is 0.783. The van der Waals surface area contributed by atoms with E-state index < -0.39 is 0 Å². The molecule has 0 atom stereocenters. The number of benzene rings is 4. The van der Waals surface area contributed by atoms with E-state index in [9.17, 15) is 0 Å². The quantitative estimate of drug-likeness (QED) is 0.220. The van der Waals surface area contributed by atoms with Crippen LogP contribution in [0.4, 0.5) is 0 Å². The molecule has 198 valence electrons. The summed E-state index contributed by atoms with van der Waals surface area (Å²) in [6.45, 7) is 0. The zero-order chi connectivity index (χ0) is 27.9. The van der Waals surface area contributed by atoms with Crippen molar-refractivity contribution in [1.82, 2.24) is 24.1 Å². The summed E-state index contributed by atoms with van der Waals surface area (Å²) in [5.74, 6) is 0.819. The van der Waals surface area contributed by atoms with Crippen LogP contribution in [0, 0.1) is 0 Å². The number of fused-ring (bicyclic) bond motifs is 3. The zero-order valence-electron chi connectivity index (χ0n) is 22.7. The van der Waals surface area contributed by atoms with Crippen molar-refractivity contribution in [3.63, 3.8) is 0 Å². The van der Waals surface area contributed by atoms with Gasteiger partial charge in [-0.25, -0.2) is 4.98 Å². The summed E-state index contributed by atoms with van der Waals surface area (Å²) < 4.78 is 4.57. The molecule has 0 amide bonds. The van der Waals surface area contributed by atoms with Crippen LogP contribution in [0.25, 0.3) is 67.3 Å². The summed E-state index contributed by atoms with van der Waals surface area (Å²) in [4.78, 5) is 14.9. The first-order valence-corrected chi connectivity index (χ1v) is 14.0. The highest BCUT2D eigenvalue weighted by molar-refractivity contribution is 6.09. The van der Waals surface area contributed by atoms with E-state index in [4.69, 9.17) is 15.0 Å². The van der Waals surface area contributed by atoms with E-state index in [1.165, 1.54) is 10.8 Å². The summed E-state index contributed by atoms with van der Waals surface area (Å²) in [5, 5.41) is 2.44. The smallest absolute Gasteiger partial charge is 0.148 e. The van der Waals surface area contributed by atoms with Gasteiger partial charge in [0.1, 0.15) is 17.2 Å². The lowest BCUT2D eigenvalue weighted by atomic mass is 10.1. The lowest BCUT2D eigenvalue weighted by molar-refractivity contribution is 1.05. The second-order valence-corrected chi connectivity index (χ2v) is 10.1. The van der Waals surface area contributed by atoms with E-state index in [1.54, 1.807) is 0 Å². The maximum absolute atomic E-state index is 5.38. The van der Waals surface area contributed by atoms with Crippen LogP contribution < -0.4 is 0 Å². The average molecular weight is 540 g/mol. The Bertz CT molecular complexity index is 2130. The van der Waals surface area contributed by atoms with Gasteiger partial charge < -0.3 is 4.57 Å². The Morgan fingerprint density at radius 1 is 0.452 bits per heavy atom. The molecular weight excluding hydrogens is 514 g/mol. The normalized spacial score (nSPS) is 11.3. The predicted molar refractivity (Wildman–Crippen MR) is 170 cm³/mol. The first-order valence-electron chi connectivity index (χ1n) is 14.0. The fourth-order valence-electron chi connectivity index (χ4n) is 5.89. The molecule has 0 aliphatic heterocycles. The van der Waals surface area contributed by atoms with Gasteiger partial charge in [-0.15, -0.1) is 0 Å². The van der Waals surface area contributed by atoms with Crippen molar-refractivity contribution in [3.05, 3.63) is 152 Å². The largest absolute Gasteiger partial charge is 0.309 e. The molecule has 5 nitrogen and oxygen atoms in total. The first-order chi connectivity index (χ1) is 20.9. The minimum Gasteiger partial charge on any atom is -0.309 e. The number of imidazole rings is 1. The van der Waals surface area contributed by atoms with Gasteiger partial charge in [0, 0.05) is 34.4 Å². The minimum atomic E-state index is 0.783. The van der Waals surface area contributed by atoms with Crippen LogP contribution in [0.3, 0.4) is 0 Å². The van der Waals surface area contributed by atoms with Gasteiger partial charge in [-0.05, 0) is 60.7 Å². The summed E-state index contributed by atoms with van der Waals surface area (Å²) >= 11 is 0. The van der Waals surface area contributed by atoms with Gasteiger partial charge >= 0.3 is 0 Å². The maximum atomic E-state index is 5.38. The Balaban J connectivity index is 1.50. The fraction of sp³-hybridized carbons (Fsp3) is 0. The molecule has 0 saturated carbocycles. The Morgan fingerprint density at radius 2 is 1.02 bits per heavy atom. The first kappa shape index (κ1) is 24.0. The van der Waals surface area contributed by atoms with Gasteiger partial charge in [-0.2, -0.15) is 0 Å². The number of hydrogen-bond acceptors (Lipinski definition) is 3. The molecule has 0 radical (unpaired) electrons. The van der Waals surface area contributed by atoms with Crippen LogP contribution in [-0.4, -0.2) is 24.1 Å². The van der Waals surface area contributed by atoms with Gasteiger partial charge in [0.2, 0.25) is 0 Å². The number of pyridine rings is 2. The lowest BCUT2D eigenvalue weighted by Gasteiger charge is -2.16. The fourth-order valence-corrected chi connectivity index (χ4v) is 5.89. The summed E-state index contributed by atoms with van der Waals surface area (Å²) in [5.41, 5.74) is 8.67. The molecule has 4 heterocycles. The van der Waals surface area contributed by atoms with Crippen LogP contribution in [0.1, 0.15) is 0 Å². The molecule has 0 N–H and O–H groups in total. The van der Waals surface area contributed by atoms with Crippen LogP contribution >= 0.6 is 0 Å². The maximum Gasteiger partial charge on any atom is 0.148 e. The SMILES string of the molecule is c1ccc(-n2c(-c3ccccc3-n3c4ccccc4c4ccccc43)nc(-c3ccccn3)c2-c2ccccn2)cc1. The molecule has 42 heavy (non-hydrogen) atoms. The molecule has 8 aromatic rings. The number of hydrogen-bond donors (Lipinski definition) is 0. The molecule has 4 aromatic carbocycles. The van der Waals surface area contributed by atoms with Crippen LogP contribution in [-0.2, 0) is 0 Å². The Hall–Kier alpha value is -5.81. The molecule has 0 aliphatic rings. The van der Waals surface area contributed by atoms with E-state index in [0.29, 0.717) is 0 Å². The van der Waals surface area contributed by atoms with Crippen LogP contribution in [0.15, 0.2) is 152 Å². The molecule has 0 saturated heterocycles. The third kappa shape index (κ3) is 3.83. The summed E-state index contributed by atoms with van der Waals surface area (Å²) in [7, 11) is 0. The summed E-state index contributed by atoms with van der Waals surface area (Å²) in [6, 6.07) is 48.0. The summed E-state index contributed by atoms with van der Waals surface area (Å²) in [6.07, 6.45) is 3.64. The van der Waals surface area contributed by atoms with Gasteiger partial charge in [-0.3, -0.25) is 14.5 Å². The molecule has 0 spiro atoms. The predicted octanol–water partition coefficient (Wildman–Crippen LogP) is 8.76. The molecule has 8 rings (SSSR count). The number of para-hydroxylation sites is 4. The Kier molecular flexibility index (Phi) is 5.71. The third-order valence-electron chi connectivity index (χ3n) is 7.67. The van der Waals surface area contributed by atoms with E-state index in [0.717, 1.165) is 56.6 Å². The lowest BCUT2D eigenvalue weighted by Crippen LogP contribution is -2.04. The van der Waals surface area contributed by atoms with Gasteiger partial charge in [0.05, 0.1) is 28.1 Å². The molecule has 5 heteroatoms. The Labute approximate surface area is 243 Å².